The molecule has 4 rings (SSSR count). The number of nitrogens with zero attached hydrogens (tertiary/aromatic N) is 5. The number of carbonyl (C=O) groups excluding carboxylic acids is 2. The molecule has 2 amide bonds. The maximum Gasteiger partial charge on any atom is 0.246 e. The monoisotopic (exact) mass is 400 g/mol. The predicted molar refractivity (Wildman–Crippen MR) is 105 cm³/mol. The lowest BCUT2D eigenvalue weighted by Gasteiger charge is -2.28. The zero-order chi connectivity index (χ0) is 20.2. The summed E-state index contributed by atoms with van der Waals surface area (Å²) in [6, 6.07) is 3.95. The van der Waals surface area contributed by atoms with Crippen molar-refractivity contribution in [3.63, 3.8) is 0 Å². The highest BCUT2D eigenvalue weighted by Crippen LogP contribution is 2.24. The zero-order valence-electron chi connectivity index (χ0n) is 16.8. The largest absolute Gasteiger partial charge is 0.458 e. The minimum atomic E-state index is -0.155. The molecule has 2 fully saturated rings. The van der Waals surface area contributed by atoms with Crippen molar-refractivity contribution >= 4 is 11.8 Å². The van der Waals surface area contributed by atoms with Gasteiger partial charge in [0.05, 0.1) is 6.54 Å². The van der Waals surface area contributed by atoms with Crippen LogP contribution in [-0.2, 0) is 16.1 Å². The fourth-order valence-electron chi connectivity index (χ4n) is 4.31. The Bertz CT molecular complexity index is 848. The van der Waals surface area contributed by atoms with Gasteiger partial charge in [0.1, 0.15) is 12.3 Å². The molecular formula is C20H28N6O3. The average molecular weight is 400 g/mol. The van der Waals surface area contributed by atoms with Crippen LogP contribution in [0, 0.1) is 6.92 Å². The Morgan fingerprint density at radius 2 is 1.90 bits per heavy atom. The fourth-order valence-corrected chi connectivity index (χ4v) is 4.31. The number of carbonyl (C=O) groups is 2. The summed E-state index contributed by atoms with van der Waals surface area (Å²) in [6.07, 6.45) is 8.41. The molecule has 0 spiro atoms. The second-order valence-electron chi connectivity index (χ2n) is 8.06. The molecule has 2 aliphatic carbocycles. The van der Waals surface area contributed by atoms with Gasteiger partial charge in [-0.1, -0.05) is 25.7 Å². The fraction of sp³-hybridized carbons (Fsp3) is 0.650. The lowest BCUT2D eigenvalue weighted by molar-refractivity contribution is -0.139. The molecule has 29 heavy (non-hydrogen) atoms. The van der Waals surface area contributed by atoms with E-state index >= 15 is 0 Å². The van der Waals surface area contributed by atoms with E-state index in [1.54, 1.807) is 11.0 Å². The third kappa shape index (κ3) is 4.83. The Kier molecular flexibility index (Phi) is 5.92. The molecule has 0 radical (unpaired) electrons. The SMILES string of the molecule is Cc1ccc(-c2nnn(CC(=O)N(CC(=O)NC3CCCC3)C3CCCC3)n2)o1. The van der Waals surface area contributed by atoms with Crippen molar-refractivity contribution in [2.45, 2.75) is 76.9 Å². The predicted octanol–water partition coefficient (Wildman–Crippen LogP) is 2.07. The maximum absolute atomic E-state index is 13.0. The van der Waals surface area contributed by atoms with Gasteiger partial charge in [-0.15, -0.1) is 10.2 Å². The number of aromatic nitrogens is 4. The van der Waals surface area contributed by atoms with E-state index in [0.29, 0.717) is 11.6 Å². The Labute approximate surface area is 169 Å². The number of rotatable bonds is 7. The molecule has 1 N–H and O–H groups in total. The zero-order valence-corrected chi connectivity index (χ0v) is 16.8. The average Bonchev–Trinajstić information content (AvgIpc) is 3.47. The molecule has 9 nitrogen and oxygen atoms in total. The summed E-state index contributed by atoms with van der Waals surface area (Å²) in [4.78, 5) is 28.5. The first-order valence-corrected chi connectivity index (χ1v) is 10.5. The summed E-state index contributed by atoms with van der Waals surface area (Å²) in [7, 11) is 0. The number of nitrogens with one attached hydrogen (secondary N) is 1. The standard InChI is InChI=1S/C20H28N6O3/c1-14-10-11-17(29-14)20-22-24-26(23-20)13-19(28)25(16-8-4-5-9-16)12-18(27)21-15-6-2-3-7-15/h10-11,15-16H,2-9,12-13H2,1H3,(H,21,27). The van der Waals surface area contributed by atoms with Crippen LogP contribution in [0.5, 0.6) is 0 Å². The van der Waals surface area contributed by atoms with Gasteiger partial charge in [0, 0.05) is 12.1 Å². The second kappa shape index (κ2) is 8.75. The smallest absolute Gasteiger partial charge is 0.246 e. The highest BCUT2D eigenvalue weighted by Gasteiger charge is 2.30. The molecule has 0 unspecified atom stereocenters. The van der Waals surface area contributed by atoms with Crippen LogP contribution in [0.3, 0.4) is 0 Å². The molecule has 9 heteroatoms. The van der Waals surface area contributed by atoms with Crippen molar-refractivity contribution in [3.05, 3.63) is 17.9 Å². The van der Waals surface area contributed by atoms with Gasteiger partial charge in [-0.05, 0) is 50.0 Å². The topological polar surface area (TPSA) is 106 Å². The second-order valence-corrected chi connectivity index (χ2v) is 8.06. The minimum absolute atomic E-state index is 0.0418. The van der Waals surface area contributed by atoms with Crippen LogP contribution in [0.1, 0.15) is 57.1 Å². The van der Waals surface area contributed by atoms with E-state index in [4.69, 9.17) is 4.42 Å². The van der Waals surface area contributed by atoms with E-state index in [1.807, 2.05) is 13.0 Å². The third-order valence-corrected chi connectivity index (χ3v) is 5.81. The number of amides is 2. The van der Waals surface area contributed by atoms with Crippen LogP contribution >= 0.6 is 0 Å². The number of hydrogen-bond acceptors (Lipinski definition) is 6. The molecule has 2 saturated carbocycles. The van der Waals surface area contributed by atoms with Gasteiger partial charge in [0.15, 0.2) is 5.76 Å². The van der Waals surface area contributed by atoms with Crippen LogP contribution in [0.15, 0.2) is 16.5 Å². The summed E-state index contributed by atoms with van der Waals surface area (Å²) in [5, 5.41) is 15.3. The van der Waals surface area contributed by atoms with E-state index in [-0.39, 0.29) is 37.0 Å². The van der Waals surface area contributed by atoms with Crippen molar-refractivity contribution in [2.24, 2.45) is 0 Å². The van der Waals surface area contributed by atoms with Crippen LogP contribution < -0.4 is 5.32 Å². The molecule has 0 saturated heterocycles. The molecule has 0 aliphatic heterocycles. The van der Waals surface area contributed by atoms with Crippen LogP contribution in [0.4, 0.5) is 0 Å². The van der Waals surface area contributed by atoms with Gasteiger partial charge in [-0.3, -0.25) is 9.59 Å². The van der Waals surface area contributed by atoms with Crippen molar-refractivity contribution in [1.82, 2.24) is 30.4 Å². The quantitative estimate of drug-likeness (QED) is 0.763. The Morgan fingerprint density at radius 1 is 1.17 bits per heavy atom. The molecule has 0 bridgehead atoms. The summed E-state index contributed by atoms with van der Waals surface area (Å²) < 4.78 is 5.51. The number of hydrogen-bond donors (Lipinski definition) is 1. The van der Waals surface area contributed by atoms with Crippen LogP contribution in [-0.4, -0.2) is 55.5 Å². The Balaban J connectivity index is 1.40. The lowest BCUT2D eigenvalue weighted by Crippen LogP contribution is -2.48. The minimum Gasteiger partial charge on any atom is -0.458 e. The van der Waals surface area contributed by atoms with E-state index in [0.717, 1.165) is 57.1 Å². The normalized spacial score (nSPS) is 17.7. The van der Waals surface area contributed by atoms with Crippen LogP contribution in [0.25, 0.3) is 11.6 Å². The van der Waals surface area contributed by atoms with Crippen molar-refractivity contribution in [1.29, 1.82) is 0 Å². The molecule has 2 heterocycles. The summed E-state index contributed by atoms with van der Waals surface area (Å²) in [6.45, 7) is 1.90. The van der Waals surface area contributed by atoms with Crippen molar-refractivity contribution < 1.29 is 14.0 Å². The molecule has 156 valence electrons. The van der Waals surface area contributed by atoms with E-state index in [1.165, 1.54) is 4.80 Å². The maximum atomic E-state index is 13.0. The first-order chi connectivity index (χ1) is 14.1. The highest BCUT2D eigenvalue weighted by molar-refractivity contribution is 5.85. The van der Waals surface area contributed by atoms with E-state index in [2.05, 4.69) is 20.7 Å². The van der Waals surface area contributed by atoms with Gasteiger partial charge in [-0.2, -0.15) is 4.80 Å². The number of tetrazole rings is 1. The summed E-state index contributed by atoms with van der Waals surface area (Å²) >= 11 is 0. The number of furan rings is 1. The molecule has 2 aromatic rings. The van der Waals surface area contributed by atoms with E-state index in [9.17, 15) is 9.59 Å². The van der Waals surface area contributed by atoms with Gasteiger partial charge < -0.3 is 14.6 Å². The highest BCUT2D eigenvalue weighted by atomic mass is 16.3. The molecule has 0 atom stereocenters. The summed E-state index contributed by atoms with van der Waals surface area (Å²) in [5.74, 6) is 1.39. The van der Waals surface area contributed by atoms with Gasteiger partial charge in [-0.25, -0.2) is 0 Å². The molecule has 2 aliphatic rings. The number of aryl methyl sites for hydroxylation is 1. The lowest BCUT2D eigenvalue weighted by atomic mass is 10.2. The Hall–Kier alpha value is -2.71. The third-order valence-electron chi connectivity index (χ3n) is 5.81. The van der Waals surface area contributed by atoms with Crippen LogP contribution in [0.2, 0.25) is 0 Å². The van der Waals surface area contributed by atoms with E-state index < -0.39 is 0 Å². The van der Waals surface area contributed by atoms with Crippen molar-refractivity contribution in [3.8, 4) is 11.6 Å². The van der Waals surface area contributed by atoms with Gasteiger partial charge in [0.25, 0.3) is 0 Å². The van der Waals surface area contributed by atoms with Gasteiger partial charge in [0.2, 0.25) is 17.6 Å². The first kappa shape index (κ1) is 19.6. The molecule has 2 aromatic heterocycles. The Morgan fingerprint density at radius 3 is 2.59 bits per heavy atom. The molecule has 0 aromatic carbocycles. The molecular weight excluding hydrogens is 372 g/mol. The van der Waals surface area contributed by atoms with Crippen molar-refractivity contribution in [2.75, 3.05) is 6.54 Å². The summed E-state index contributed by atoms with van der Waals surface area (Å²) in [5.41, 5.74) is 0. The first-order valence-electron chi connectivity index (χ1n) is 10.5. The van der Waals surface area contributed by atoms with Gasteiger partial charge >= 0.3 is 0 Å².